The van der Waals surface area contributed by atoms with Gasteiger partial charge in [-0.05, 0) is 21.0 Å². The number of carboxylic acids is 1. The van der Waals surface area contributed by atoms with E-state index in [0.29, 0.717) is 24.8 Å². The number of aryl methyl sites for hydroxylation is 1. The Morgan fingerprint density at radius 2 is 2.12 bits per heavy atom. The van der Waals surface area contributed by atoms with Crippen LogP contribution in [-0.4, -0.2) is 64.7 Å². The molecule has 7 nitrogen and oxygen atoms in total. The van der Waals surface area contributed by atoms with Gasteiger partial charge in [-0.3, -0.25) is 9.69 Å². The van der Waals surface area contributed by atoms with Gasteiger partial charge in [0.15, 0.2) is 5.82 Å². The van der Waals surface area contributed by atoms with Crippen LogP contribution < -0.4 is 0 Å². The molecule has 96 valence electrons. The number of carbonyl (C=O) groups is 1. The highest BCUT2D eigenvalue weighted by Gasteiger charge is 2.14. The first-order valence-electron chi connectivity index (χ1n) is 5.35. The summed E-state index contributed by atoms with van der Waals surface area (Å²) >= 11 is 0. The van der Waals surface area contributed by atoms with Crippen molar-refractivity contribution < 1.29 is 14.4 Å². The van der Waals surface area contributed by atoms with Crippen LogP contribution in [-0.2, 0) is 11.3 Å². The van der Waals surface area contributed by atoms with E-state index in [1.54, 1.807) is 11.8 Å². The molecule has 0 aliphatic heterocycles. The standard InChI is InChI=1S/C10H18N4O3/c1-8-11-9(17-12-8)6-14(7-10(15)16)5-4-13(2)3/h4-7H2,1-3H3,(H,15,16). The minimum Gasteiger partial charge on any atom is -0.480 e. The Labute approximate surface area is 100 Å². The normalized spacial score (nSPS) is 11.4. The number of hydrogen-bond donors (Lipinski definition) is 1. The molecule has 0 amide bonds. The third kappa shape index (κ3) is 5.41. The van der Waals surface area contributed by atoms with Crippen LogP contribution in [0.5, 0.6) is 0 Å². The quantitative estimate of drug-likeness (QED) is 0.710. The molecule has 0 spiro atoms. The topological polar surface area (TPSA) is 82.7 Å². The van der Waals surface area contributed by atoms with Crippen molar-refractivity contribution in [1.82, 2.24) is 19.9 Å². The first kappa shape index (κ1) is 13.6. The van der Waals surface area contributed by atoms with E-state index in [9.17, 15) is 4.79 Å². The minimum atomic E-state index is -0.861. The first-order valence-corrected chi connectivity index (χ1v) is 5.35. The Bertz CT molecular complexity index is 364. The van der Waals surface area contributed by atoms with Gasteiger partial charge < -0.3 is 14.5 Å². The lowest BCUT2D eigenvalue weighted by Crippen LogP contribution is -2.35. The van der Waals surface area contributed by atoms with Gasteiger partial charge in [-0.15, -0.1) is 0 Å². The van der Waals surface area contributed by atoms with Crippen LogP contribution in [0.2, 0.25) is 0 Å². The van der Waals surface area contributed by atoms with Crippen LogP contribution in [0.4, 0.5) is 0 Å². The monoisotopic (exact) mass is 242 g/mol. The van der Waals surface area contributed by atoms with E-state index >= 15 is 0 Å². The van der Waals surface area contributed by atoms with Crippen molar-refractivity contribution in [3.8, 4) is 0 Å². The fourth-order valence-corrected chi connectivity index (χ4v) is 1.34. The average Bonchev–Trinajstić information content (AvgIpc) is 2.59. The second-order valence-electron chi connectivity index (χ2n) is 4.14. The summed E-state index contributed by atoms with van der Waals surface area (Å²) in [5.74, 6) is 0.144. The van der Waals surface area contributed by atoms with Crippen LogP contribution in [0.1, 0.15) is 11.7 Å². The van der Waals surface area contributed by atoms with E-state index in [-0.39, 0.29) is 6.54 Å². The van der Waals surface area contributed by atoms with Crippen LogP contribution in [0.3, 0.4) is 0 Å². The second kappa shape index (κ2) is 6.31. The van der Waals surface area contributed by atoms with E-state index in [1.807, 2.05) is 19.0 Å². The van der Waals surface area contributed by atoms with Crippen LogP contribution in [0.25, 0.3) is 0 Å². The molecule has 1 aromatic rings. The van der Waals surface area contributed by atoms with Gasteiger partial charge in [-0.25, -0.2) is 0 Å². The average molecular weight is 242 g/mol. The molecule has 1 heterocycles. The van der Waals surface area contributed by atoms with Gasteiger partial charge in [0, 0.05) is 13.1 Å². The van der Waals surface area contributed by atoms with E-state index in [2.05, 4.69) is 10.1 Å². The molecule has 17 heavy (non-hydrogen) atoms. The van der Waals surface area contributed by atoms with Crippen molar-refractivity contribution in [2.45, 2.75) is 13.5 Å². The van der Waals surface area contributed by atoms with Crippen LogP contribution in [0.15, 0.2) is 4.52 Å². The Morgan fingerprint density at radius 1 is 1.41 bits per heavy atom. The molecule has 0 atom stereocenters. The fourth-order valence-electron chi connectivity index (χ4n) is 1.34. The van der Waals surface area contributed by atoms with Crippen LogP contribution >= 0.6 is 0 Å². The molecule has 0 bridgehead atoms. The van der Waals surface area contributed by atoms with Crippen molar-refractivity contribution in [2.75, 3.05) is 33.7 Å². The summed E-state index contributed by atoms with van der Waals surface area (Å²) in [7, 11) is 3.88. The lowest BCUT2D eigenvalue weighted by molar-refractivity contribution is -0.138. The number of aromatic nitrogens is 2. The number of rotatable bonds is 7. The highest BCUT2D eigenvalue weighted by atomic mass is 16.5. The van der Waals surface area contributed by atoms with Gasteiger partial charge in [0.25, 0.3) is 0 Å². The number of likely N-dealkylation sites (N-methyl/N-ethyl adjacent to an activating group) is 1. The van der Waals surface area contributed by atoms with Gasteiger partial charge in [0.05, 0.1) is 13.1 Å². The molecular weight excluding hydrogens is 224 g/mol. The van der Waals surface area contributed by atoms with Crippen molar-refractivity contribution in [1.29, 1.82) is 0 Å². The van der Waals surface area contributed by atoms with E-state index in [0.717, 1.165) is 6.54 Å². The summed E-state index contributed by atoms with van der Waals surface area (Å²) in [6.07, 6.45) is 0. The SMILES string of the molecule is Cc1noc(CN(CCN(C)C)CC(=O)O)n1. The van der Waals surface area contributed by atoms with Gasteiger partial charge >= 0.3 is 5.97 Å². The maximum atomic E-state index is 10.7. The third-order valence-corrected chi connectivity index (χ3v) is 2.15. The molecule has 1 aromatic heterocycles. The fraction of sp³-hybridized carbons (Fsp3) is 0.700. The number of carboxylic acid groups (broad SMARTS) is 1. The van der Waals surface area contributed by atoms with E-state index in [4.69, 9.17) is 9.63 Å². The lowest BCUT2D eigenvalue weighted by atomic mass is 10.4. The summed E-state index contributed by atoms with van der Waals surface area (Å²) < 4.78 is 4.97. The summed E-state index contributed by atoms with van der Waals surface area (Å²) in [4.78, 5) is 18.5. The first-order chi connectivity index (χ1) is 7.97. The van der Waals surface area contributed by atoms with Gasteiger partial charge in [0.2, 0.25) is 5.89 Å². The Kier molecular flexibility index (Phi) is 5.05. The largest absolute Gasteiger partial charge is 0.480 e. The zero-order valence-corrected chi connectivity index (χ0v) is 10.4. The van der Waals surface area contributed by atoms with Crippen LogP contribution in [0, 0.1) is 6.92 Å². The molecule has 0 fully saturated rings. The highest BCUT2D eigenvalue weighted by molar-refractivity contribution is 5.69. The van der Waals surface area contributed by atoms with Crippen molar-refractivity contribution in [3.05, 3.63) is 11.7 Å². The Morgan fingerprint density at radius 3 is 2.59 bits per heavy atom. The van der Waals surface area contributed by atoms with E-state index in [1.165, 1.54) is 0 Å². The van der Waals surface area contributed by atoms with Crippen molar-refractivity contribution in [2.24, 2.45) is 0 Å². The molecule has 0 saturated carbocycles. The second-order valence-corrected chi connectivity index (χ2v) is 4.14. The molecule has 0 saturated heterocycles. The zero-order chi connectivity index (χ0) is 12.8. The molecule has 1 rings (SSSR count). The molecule has 0 radical (unpaired) electrons. The number of nitrogens with zero attached hydrogens (tertiary/aromatic N) is 4. The predicted molar refractivity (Wildman–Crippen MR) is 60.5 cm³/mol. The summed E-state index contributed by atoms with van der Waals surface area (Å²) in [6.45, 7) is 3.48. The summed E-state index contributed by atoms with van der Waals surface area (Å²) in [6, 6.07) is 0. The predicted octanol–water partition coefficient (Wildman–Crippen LogP) is -0.174. The van der Waals surface area contributed by atoms with Crippen molar-refractivity contribution in [3.63, 3.8) is 0 Å². The Balaban J connectivity index is 2.53. The highest BCUT2D eigenvalue weighted by Crippen LogP contribution is 2.02. The Hall–Kier alpha value is -1.47. The molecule has 0 aliphatic carbocycles. The maximum Gasteiger partial charge on any atom is 0.317 e. The van der Waals surface area contributed by atoms with Gasteiger partial charge in [0.1, 0.15) is 0 Å². The number of aliphatic carboxylic acids is 1. The van der Waals surface area contributed by atoms with Gasteiger partial charge in [-0.2, -0.15) is 4.98 Å². The lowest BCUT2D eigenvalue weighted by Gasteiger charge is -2.20. The smallest absolute Gasteiger partial charge is 0.317 e. The molecule has 0 aliphatic rings. The molecule has 0 unspecified atom stereocenters. The van der Waals surface area contributed by atoms with E-state index < -0.39 is 5.97 Å². The minimum absolute atomic E-state index is 0.0325. The number of hydrogen-bond acceptors (Lipinski definition) is 6. The zero-order valence-electron chi connectivity index (χ0n) is 10.4. The molecule has 0 aromatic carbocycles. The maximum absolute atomic E-state index is 10.7. The van der Waals surface area contributed by atoms with Crippen molar-refractivity contribution >= 4 is 5.97 Å². The molecule has 1 N–H and O–H groups in total. The molecular formula is C10H18N4O3. The van der Waals surface area contributed by atoms with Gasteiger partial charge in [-0.1, -0.05) is 5.16 Å². The third-order valence-electron chi connectivity index (χ3n) is 2.15. The molecule has 7 heteroatoms. The summed E-state index contributed by atoms with van der Waals surface area (Å²) in [5.41, 5.74) is 0. The summed E-state index contributed by atoms with van der Waals surface area (Å²) in [5, 5.41) is 12.5.